The zero-order chi connectivity index (χ0) is 12.3. The third kappa shape index (κ3) is 3.21. The van der Waals surface area contributed by atoms with E-state index >= 15 is 0 Å². The highest BCUT2D eigenvalue weighted by Gasteiger charge is 2.14. The lowest BCUT2D eigenvalue weighted by Gasteiger charge is -2.10. The zero-order valence-electron chi connectivity index (χ0n) is 9.73. The van der Waals surface area contributed by atoms with Gasteiger partial charge in [0.2, 0.25) is 0 Å². The largest absolute Gasteiger partial charge is 0.495 e. The molecule has 0 aliphatic heterocycles. The first-order valence-electron chi connectivity index (χ1n) is 4.97. The van der Waals surface area contributed by atoms with Crippen molar-refractivity contribution in [1.29, 1.82) is 0 Å². The molecule has 90 valence electrons. The smallest absolute Gasteiger partial charge is 0.179 e. The topological polar surface area (TPSA) is 69.4 Å². The molecule has 0 fully saturated rings. The van der Waals surface area contributed by atoms with Crippen molar-refractivity contribution in [3.8, 4) is 5.75 Å². The van der Waals surface area contributed by atoms with E-state index in [-0.39, 0.29) is 10.9 Å². The molecule has 4 nitrogen and oxygen atoms in total. The predicted octanol–water partition coefficient (Wildman–Crippen LogP) is 0.988. The van der Waals surface area contributed by atoms with Gasteiger partial charge in [0.25, 0.3) is 0 Å². The van der Waals surface area contributed by atoms with Gasteiger partial charge in [0, 0.05) is 12.3 Å². The van der Waals surface area contributed by atoms with Crippen LogP contribution in [0.15, 0.2) is 23.1 Å². The van der Waals surface area contributed by atoms with E-state index in [9.17, 15) is 8.42 Å². The summed E-state index contributed by atoms with van der Waals surface area (Å²) >= 11 is 0. The number of hydrogen-bond acceptors (Lipinski definition) is 4. The molecule has 0 aromatic heterocycles. The van der Waals surface area contributed by atoms with Crippen molar-refractivity contribution in [3.63, 3.8) is 0 Å². The first-order valence-corrected chi connectivity index (χ1v) is 6.86. The molecule has 0 bridgehead atoms. The van der Waals surface area contributed by atoms with Crippen LogP contribution in [-0.4, -0.2) is 27.8 Å². The van der Waals surface area contributed by atoms with E-state index < -0.39 is 9.84 Å². The van der Waals surface area contributed by atoms with E-state index in [1.54, 1.807) is 18.2 Å². The number of benzene rings is 1. The summed E-state index contributed by atoms with van der Waals surface area (Å²) in [5.74, 6) is 0.376. The number of hydrogen-bond donors (Lipinski definition) is 1. The minimum absolute atomic E-state index is 0.0359. The van der Waals surface area contributed by atoms with Crippen molar-refractivity contribution >= 4 is 9.84 Å². The number of ether oxygens (including phenoxy) is 1. The molecular formula is C11H17NO3S. The molecule has 0 aliphatic carbocycles. The van der Waals surface area contributed by atoms with Gasteiger partial charge in [-0.25, -0.2) is 8.42 Å². The average Bonchev–Trinajstić information content (AvgIpc) is 2.14. The summed E-state index contributed by atoms with van der Waals surface area (Å²) in [5.41, 5.74) is 6.65. The van der Waals surface area contributed by atoms with Gasteiger partial charge in [-0.05, 0) is 31.0 Å². The highest BCUT2D eigenvalue weighted by molar-refractivity contribution is 7.90. The Bertz CT molecular complexity index is 466. The second-order valence-electron chi connectivity index (χ2n) is 3.94. The SMILES string of the molecule is COc1cc(CC(C)N)ccc1S(C)(=O)=O. The highest BCUT2D eigenvalue weighted by atomic mass is 32.2. The van der Waals surface area contributed by atoms with Gasteiger partial charge >= 0.3 is 0 Å². The molecule has 1 atom stereocenters. The molecule has 1 aromatic carbocycles. The van der Waals surface area contributed by atoms with Gasteiger partial charge in [0.15, 0.2) is 9.84 Å². The van der Waals surface area contributed by atoms with Crippen LogP contribution in [-0.2, 0) is 16.3 Å². The maximum atomic E-state index is 11.4. The quantitative estimate of drug-likeness (QED) is 0.856. The third-order valence-electron chi connectivity index (χ3n) is 2.19. The van der Waals surface area contributed by atoms with Crippen LogP contribution < -0.4 is 10.5 Å². The third-order valence-corrected chi connectivity index (χ3v) is 3.32. The van der Waals surface area contributed by atoms with Crippen molar-refractivity contribution in [2.75, 3.05) is 13.4 Å². The Labute approximate surface area is 96.3 Å². The fraction of sp³-hybridized carbons (Fsp3) is 0.455. The normalized spacial score (nSPS) is 13.5. The maximum Gasteiger partial charge on any atom is 0.179 e. The zero-order valence-corrected chi connectivity index (χ0v) is 10.5. The Kier molecular flexibility index (Phi) is 3.93. The minimum Gasteiger partial charge on any atom is -0.495 e. The lowest BCUT2D eigenvalue weighted by molar-refractivity contribution is 0.402. The molecular weight excluding hydrogens is 226 g/mol. The van der Waals surface area contributed by atoms with Gasteiger partial charge < -0.3 is 10.5 Å². The van der Waals surface area contributed by atoms with Crippen molar-refractivity contribution < 1.29 is 13.2 Å². The van der Waals surface area contributed by atoms with Crippen LogP contribution in [0, 0.1) is 0 Å². The van der Waals surface area contributed by atoms with Gasteiger partial charge in [-0.3, -0.25) is 0 Å². The summed E-state index contributed by atoms with van der Waals surface area (Å²) in [4.78, 5) is 0.212. The molecule has 0 saturated heterocycles. The summed E-state index contributed by atoms with van der Waals surface area (Å²) in [6.45, 7) is 1.90. The predicted molar refractivity (Wildman–Crippen MR) is 63.5 cm³/mol. The number of methoxy groups -OCH3 is 1. The molecule has 1 rings (SSSR count). The molecule has 16 heavy (non-hydrogen) atoms. The first-order chi connectivity index (χ1) is 7.34. The van der Waals surface area contributed by atoms with Crippen LogP contribution in [0.25, 0.3) is 0 Å². The van der Waals surface area contributed by atoms with Crippen molar-refractivity contribution in [3.05, 3.63) is 23.8 Å². The standard InChI is InChI=1S/C11H17NO3S/c1-8(12)6-9-4-5-11(16(3,13)14)10(7-9)15-2/h4-5,7-8H,6,12H2,1-3H3. The first kappa shape index (κ1) is 13.0. The Hall–Kier alpha value is -1.07. The fourth-order valence-corrected chi connectivity index (χ4v) is 2.34. The molecule has 0 saturated carbocycles. The Morgan fingerprint density at radius 3 is 2.50 bits per heavy atom. The van der Waals surface area contributed by atoms with Gasteiger partial charge in [-0.2, -0.15) is 0 Å². The number of sulfone groups is 1. The monoisotopic (exact) mass is 243 g/mol. The van der Waals surface area contributed by atoms with Gasteiger partial charge in [-0.15, -0.1) is 0 Å². The second kappa shape index (κ2) is 4.84. The molecule has 0 amide bonds. The summed E-state index contributed by atoms with van der Waals surface area (Å²) in [6.07, 6.45) is 1.86. The number of nitrogens with two attached hydrogens (primary N) is 1. The lowest BCUT2D eigenvalue weighted by atomic mass is 10.1. The average molecular weight is 243 g/mol. The summed E-state index contributed by atoms with van der Waals surface area (Å²) in [5, 5.41) is 0. The molecule has 1 unspecified atom stereocenters. The number of rotatable bonds is 4. The Balaban J connectivity index is 3.17. The van der Waals surface area contributed by atoms with Crippen LogP contribution in [0.1, 0.15) is 12.5 Å². The molecule has 0 heterocycles. The Morgan fingerprint density at radius 2 is 2.06 bits per heavy atom. The van der Waals surface area contributed by atoms with Crippen LogP contribution in [0.3, 0.4) is 0 Å². The molecule has 2 N–H and O–H groups in total. The van der Waals surface area contributed by atoms with Gasteiger partial charge in [-0.1, -0.05) is 6.07 Å². The van der Waals surface area contributed by atoms with E-state index in [2.05, 4.69) is 0 Å². The summed E-state index contributed by atoms with van der Waals surface area (Å²) < 4.78 is 28.0. The van der Waals surface area contributed by atoms with E-state index in [1.165, 1.54) is 7.11 Å². The van der Waals surface area contributed by atoms with E-state index in [1.807, 2.05) is 6.92 Å². The molecule has 0 radical (unpaired) electrons. The van der Waals surface area contributed by atoms with Crippen LogP contribution in [0.5, 0.6) is 5.75 Å². The fourth-order valence-electron chi connectivity index (χ4n) is 1.52. The lowest BCUT2D eigenvalue weighted by Crippen LogP contribution is -2.17. The molecule has 0 spiro atoms. The van der Waals surface area contributed by atoms with Crippen LogP contribution >= 0.6 is 0 Å². The second-order valence-corrected chi connectivity index (χ2v) is 5.92. The minimum atomic E-state index is -3.25. The van der Waals surface area contributed by atoms with E-state index in [0.717, 1.165) is 11.8 Å². The van der Waals surface area contributed by atoms with Gasteiger partial charge in [0.05, 0.1) is 7.11 Å². The van der Waals surface area contributed by atoms with Crippen LogP contribution in [0.4, 0.5) is 0 Å². The Morgan fingerprint density at radius 1 is 1.44 bits per heavy atom. The van der Waals surface area contributed by atoms with E-state index in [4.69, 9.17) is 10.5 Å². The van der Waals surface area contributed by atoms with Crippen molar-refractivity contribution in [2.45, 2.75) is 24.3 Å². The molecule has 1 aromatic rings. The summed E-state index contributed by atoms with van der Waals surface area (Å²) in [6, 6.07) is 5.09. The van der Waals surface area contributed by atoms with Crippen molar-refractivity contribution in [2.24, 2.45) is 5.73 Å². The van der Waals surface area contributed by atoms with Crippen LogP contribution in [0.2, 0.25) is 0 Å². The highest BCUT2D eigenvalue weighted by Crippen LogP contribution is 2.25. The molecule has 0 aliphatic rings. The van der Waals surface area contributed by atoms with Crippen molar-refractivity contribution in [1.82, 2.24) is 0 Å². The maximum absolute atomic E-state index is 11.4. The molecule has 5 heteroatoms. The van der Waals surface area contributed by atoms with E-state index in [0.29, 0.717) is 12.2 Å². The summed E-state index contributed by atoms with van der Waals surface area (Å²) in [7, 11) is -1.79. The van der Waals surface area contributed by atoms with Gasteiger partial charge in [0.1, 0.15) is 10.6 Å².